The van der Waals surface area contributed by atoms with Gasteiger partial charge in [-0.15, -0.1) is 0 Å². The van der Waals surface area contributed by atoms with Gasteiger partial charge in [-0.3, -0.25) is 4.90 Å². The van der Waals surface area contributed by atoms with E-state index in [-0.39, 0.29) is 0 Å². The summed E-state index contributed by atoms with van der Waals surface area (Å²) in [4.78, 5) is 2.69. The Morgan fingerprint density at radius 2 is 2.00 bits per heavy atom. The van der Waals surface area contributed by atoms with Crippen LogP contribution in [0.1, 0.15) is 24.4 Å². The summed E-state index contributed by atoms with van der Waals surface area (Å²) in [5.41, 5.74) is 1.47. The molecule has 0 aromatic heterocycles. The summed E-state index contributed by atoms with van der Waals surface area (Å²) in [6, 6.07) is 12.3. The molecule has 2 heterocycles. The van der Waals surface area contributed by atoms with E-state index in [0.717, 1.165) is 12.6 Å². The average molecular weight is 202 g/mol. The second-order valence-electron chi connectivity index (χ2n) is 4.62. The van der Waals surface area contributed by atoms with Crippen LogP contribution >= 0.6 is 0 Å². The van der Waals surface area contributed by atoms with Crippen molar-refractivity contribution in [3.63, 3.8) is 0 Å². The Morgan fingerprint density at radius 1 is 1.13 bits per heavy atom. The number of rotatable bonds is 1. The lowest BCUT2D eigenvalue weighted by molar-refractivity contribution is 0.138. The fourth-order valence-electron chi connectivity index (χ4n) is 2.98. The molecule has 2 nitrogen and oxygen atoms in total. The SMILES string of the molecule is c1ccc(C2CNCC3CCCN32)cc1. The molecule has 2 fully saturated rings. The Kier molecular flexibility index (Phi) is 2.47. The van der Waals surface area contributed by atoms with E-state index in [1.165, 1.54) is 31.5 Å². The molecule has 1 aromatic carbocycles. The summed E-state index contributed by atoms with van der Waals surface area (Å²) in [6.45, 7) is 3.58. The standard InChI is InChI=1S/C13H18N2/c1-2-5-11(6-3-1)13-10-14-9-12-7-4-8-15(12)13/h1-3,5-6,12-14H,4,7-10H2. The Hall–Kier alpha value is -0.860. The molecule has 0 bridgehead atoms. The lowest BCUT2D eigenvalue weighted by Gasteiger charge is -2.38. The molecule has 2 aliphatic heterocycles. The van der Waals surface area contributed by atoms with Crippen molar-refractivity contribution in [3.05, 3.63) is 35.9 Å². The summed E-state index contributed by atoms with van der Waals surface area (Å²) < 4.78 is 0. The van der Waals surface area contributed by atoms with Gasteiger partial charge in [-0.25, -0.2) is 0 Å². The van der Waals surface area contributed by atoms with Crippen molar-refractivity contribution >= 4 is 0 Å². The first-order chi connectivity index (χ1) is 7.45. The number of hydrogen-bond acceptors (Lipinski definition) is 2. The van der Waals surface area contributed by atoms with Gasteiger partial charge < -0.3 is 5.32 Å². The van der Waals surface area contributed by atoms with E-state index in [2.05, 4.69) is 40.5 Å². The van der Waals surface area contributed by atoms with Gasteiger partial charge in [0.1, 0.15) is 0 Å². The van der Waals surface area contributed by atoms with Crippen LogP contribution in [0.15, 0.2) is 30.3 Å². The molecule has 0 spiro atoms. The van der Waals surface area contributed by atoms with Crippen molar-refractivity contribution in [3.8, 4) is 0 Å². The van der Waals surface area contributed by atoms with E-state index in [1.54, 1.807) is 0 Å². The van der Waals surface area contributed by atoms with Gasteiger partial charge in [0.2, 0.25) is 0 Å². The number of fused-ring (bicyclic) bond motifs is 1. The summed E-state index contributed by atoms with van der Waals surface area (Å²) >= 11 is 0. The smallest absolute Gasteiger partial charge is 0.0476 e. The molecule has 15 heavy (non-hydrogen) atoms. The maximum Gasteiger partial charge on any atom is 0.0476 e. The van der Waals surface area contributed by atoms with Crippen LogP contribution in [-0.2, 0) is 0 Å². The van der Waals surface area contributed by atoms with E-state index >= 15 is 0 Å². The van der Waals surface area contributed by atoms with Crippen LogP contribution in [0, 0.1) is 0 Å². The molecule has 0 radical (unpaired) electrons. The third kappa shape index (κ3) is 1.68. The van der Waals surface area contributed by atoms with Crippen LogP contribution in [0.5, 0.6) is 0 Å². The Bertz CT molecular complexity index is 323. The second-order valence-corrected chi connectivity index (χ2v) is 4.62. The van der Waals surface area contributed by atoms with Gasteiger partial charge in [-0.2, -0.15) is 0 Å². The van der Waals surface area contributed by atoms with Crippen LogP contribution < -0.4 is 5.32 Å². The van der Waals surface area contributed by atoms with Crippen molar-refractivity contribution in [2.75, 3.05) is 19.6 Å². The molecule has 3 rings (SSSR count). The predicted molar refractivity (Wildman–Crippen MR) is 61.8 cm³/mol. The molecular weight excluding hydrogens is 184 g/mol. The van der Waals surface area contributed by atoms with Crippen molar-refractivity contribution in [2.24, 2.45) is 0 Å². The van der Waals surface area contributed by atoms with Crippen LogP contribution in [0.4, 0.5) is 0 Å². The molecule has 2 atom stereocenters. The zero-order chi connectivity index (χ0) is 10.1. The van der Waals surface area contributed by atoms with Gasteiger partial charge in [0, 0.05) is 25.2 Å². The Morgan fingerprint density at radius 3 is 2.87 bits per heavy atom. The fourth-order valence-corrected chi connectivity index (χ4v) is 2.98. The van der Waals surface area contributed by atoms with E-state index in [1.807, 2.05) is 0 Å². The molecule has 0 saturated carbocycles. The van der Waals surface area contributed by atoms with Crippen LogP contribution in [0.25, 0.3) is 0 Å². The number of hydrogen-bond donors (Lipinski definition) is 1. The minimum Gasteiger partial charge on any atom is -0.313 e. The third-order valence-corrected chi connectivity index (χ3v) is 3.73. The molecule has 2 heteroatoms. The molecular formula is C13H18N2. The normalized spacial score (nSPS) is 31.5. The van der Waals surface area contributed by atoms with E-state index in [0.29, 0.717) is 6.04 Å². The number of piperazine rings is 1. The zero-order valence-corrected chi connectivity index (χ0v) is 9.02. The lowest BCUT2D eigenvalue weighted by Crippen LogP contribution is -2.49. The summed E-state index contributed by atoms with van der Waals surface area (Å²) in [7, 11) is 0. The van der Waals surface area contributed by atoms with E-state index in [4.69, 9.17) is 0 Å². The van der Waals surface area contributed by atoms with Gasteiger partial charge in [-0.1, -0.05) is 30.3 Å². The second kappa shape index (κ2) is 3.95. The molecule has 1 aromatic rings. The topological polar surface area (TPSA) is 15.3 Å². The highest BCUT2D eigenvalue weighted by Crippen LogP contribution is 2.30. The van der Waals surface area contributed by atoms with Crippen molar-refractivity contribution < 1.29 is 0 Å². The highest BCUT2D eigenvalue weighted by atomic mass is 15.3. The zero-order valence-electron chi connectivity index (χ0n) is 9.02. The maximum absolute atomic E-state index is 3.56. The van der Waals surface area contributed by atoms with Gasteiger partial charge >= 0.3 is 0 Å². The molecule has 2 saturated heterocycles. The number of nitrogens with one attached hydrogen (secondary N) is 1. The van der Waals surface area contributed by atoms with Crippen molar-refractivity contribution in [1.82, 2.24) is 10.2 Å². The molecule has 0 aliphatic carbocycles. The highest BCUT2D eigenvalue weighted by Gasteiger charge is 2.34. The quantitative estimate of drug-likeness (QED) is 0.747. The van der Waals surface area contributed by atoms with Crippen LogP contribution in [-0.4, -0.2) is 30.6 Å². The minimum atomic E-state index is 0.604. The summed E-state index contributed by atoms with van der Waals surface area (Å²) in [5.74, 6) is 0. The third-order valence-electron chi connectivity index (χ3n) is 3.73. The first kappa shape index (κ1) is 9.37. The van der Waals surface area contributed by atoms with Gasteiger partial charge in [-0.05, 0) is 24.9 Å². The Balaban J connectivity index is 1.85. The summed E-state index contributed by atoms with van der Waals surface area (Å²) in [6.07, 6.45) is 2.74. The van der Waals surface area contributed by atoms with Crippen molar-refractivity contribution in [2.45, 2.75) is 24.9 Å². The molecule has 0 amide bonds. The van der Waals surface area contributed by atoms with Crippen LogP contribution in [0.2, 0.25) is 0 Å². The lowest BCUT2D eigenvalue weighted by atomic mass is 10.0. The molecule has 80 valence electrons. The van der Waals surface area contributed by atoms with E-state index in [9.17, 15) is 0 Å². The summed E-state index contributed by atoms with van der Waals surface area (Å²) in [5, 5.41) is 3.56. The average Bonchev–Trinajstić information content (AvgIpc) is 2.78. The molecule has 2 aliphatic rings. The van der Waals surface area contributed by atoms with Gasteiger partial charge in [0.25, 0.3) is 0 Å². The maximum atomic E-state index is 3.56. The van der Waals surface area contributed by atoms with Crippen LogP contribution in [0.3, 0.4) is 0 Å². The molecule has 1 N–H and O–H groups in total. The highest BCUT2D eigenvalue weighted by molar-refractivity contribution is 5.20. The van der Waals surface area contributed by atoms with Gasteiger partial charge in [0.15, 0.2) is 0 Å². The minimum absolute atomic E-state index is 0.604. The molecule has 2 unspecified atom stereocenters. The fraction of sp³-hybridized carbons (Fsp3) is 0.538. The van der Waals surface area contributed by atoms with E-state index < -0.39 is 0 Å². The largest absolute Gasteiger partial charge is 0.313 e. The van der Waals surface area contributed by atoms with Crippen molar-refractivity contribution in [1.29, 1.82) is 0 Å². The monoisotopic (exact) mass is 202 g/mol. The first-order valence-electron chi connectivity index (χ1n) is 5.96. The Labute approximate surface area is 91.3 Å². The first-order valence-corrected chi connectivity index (χ1v) is 5.96. The number of nitrogens with zero attached hydrogens (tertiary/aromatic N) is 1. The van der Waals surface area contributed by atoms with Gasteiger partial charge in [0.05, 0.1) is 0 Å². The number of benzene rings is 1. The predicted octanol–water partition coefficient (Wildman–Crippen LogP) is 1.80.